The second-order valence-corrected chi connectivity index (χ2v) is 3.09. The molecule has 0 amide bonds. The molecule has 0 aliphatic carbocycles. The van der Waals surface area contributed by atoms with Crippen LogP contribution in [-0.4, -0.2) is 11.5 Å². The first-order valence-electron chi connectivity index (χ1n) is 3.70. The summed E-state index contributed by atoms with van der Waals surface area (Å²) >= 11 is 5.75. The van der Waals surface area contributed by atoms with Gasteiger partial charge in [0.2, 0.25) is 0 Å². The number of nitrogens with zero attached hydrogens (tertiary/aromatic N) is 1. The summed E-state index contributed by atoms with van der Waals surface area (Å²) in [5.74, 6) is 0. The van der Waals surface area contributed by atoms with E-state index in [1.165, 1.54) is 11.1 Å². The van der Waals surface area contributed by atoms with Gasteiger partial charge in [0.05, 0.1) is 0 Å². The number of halogens is 2. The largest absolute Gasteiger partial charge is 0.312 e. The molecule has 0 spiro atoms. The molecule has 2 nitrogen and oxygen atoms in total. The van der Waals surface area contributed by atoms with E-state index in [0.29, 0.717) is 5.15 Å². The summed E-state index contributed by atoms with van der Waals surface area (Å²) in [7, 11) is 0. The van der Waals surface area contributed by atoms with Gasteiger partial charge < -0.3 is 5.32 Å². The van der Waals surface area contributed by atoms with Gasteiger partial charge in [-0.15, -0.1) is 12.4 Å². The first-order chi connectivity index (χ1) is 5.36. The van der Waals surface area contributed by atoms with Gasteiger partial charge in [-0.3, -0.25) is 0 Å². The molecule has 0 atom stereocenters. The Morgan fingerprint density at radius 1 is 1.42 bits per heavy atom. The van der Waals surface area contributed by atoms with E-state index < -0.39 is 0 Å². The van der Waals surface area contributed by atoms with Crippen molar-refractivity contribution < 1.29 is 0 Å². The van der Waals surface area contributed by atoms with E-state index in [2.05, 4.69) is 10.3 Å². The second kappa shape index (κ2) is 4.08. The Bertz CT molecular complexity index is 276. The third-order valence-electron chi connectivity index (χ3n) is 1.94. The molecule has 0 fully saturated rings. The van der Waals surface area contributed by atoms with Gasteiger partial charge in [-0.25, -0.2) is 4.98 Å². The Hall–Kier alpha value is -0.310. The highest BCUT2D eigenvalue weighted by atomic mass is 35.5. The summed E-state index contributed by atoms with van der Waals surface area (Å²) in [6.07, 6.45) is 2.92. The molecule has 0 bridgehead atoms. The van der Waals surface area contributed by atoms with Gasteiger partial charge >= 0.3 is 0 Å². The summed E-state index contributed by atoms with van der Waals surface area (Å²) in [5.41, 5.74) is 2.62. The number of rotatable bonds is 0. The van der Waals surface area contributed by atoms with Crippen LogP contribution < -0.4 is 5.32 Å². The highest BCUT2D eigenvalue weighted by molar-refractivity contribution is 6.29. The van der Waals surface area contributed by atoms with Gasteiger partial charge in [0.15, 0.2) is 0 Å². The van der Waals surface area contributed by atoms with Crippen LogP contribution in [-0.2, 0) is 13.0 Å². The quantitative estimate of drug-likeness (QED) is 0.653. The zero-order valence-electron chi connectivity index (χ0n) is 6.51. The lowest BCUT2D eigenvalue weighted by Gasteiger charge is -2.15. The second-order valence-electron chi connectivity index (χ2n) is 2.70. The van der Waals surface area contributed by atoms with Crippen LogP contribution in [0.2, 0.25) is 5.15 Å². The topological polar surface area (TPSA) is 24.9 Å². The Morgan fingerprint density at radius 2 is 2.25 bits per heavy atom. The zero-order chi connectivity index (χ0) is 7.68. The molecule has 0 unspecified atom stereocenters. The highest BCUT2D eigenvalue weighted by Gasteiger charge is 2.08. The van der Waals surface area contributed by atoms with Crippen LogP contribution in [0.1, 0.15) is 11.1 Å². The van der Waals surface area contributed by atoms with Gasteiger partial charge in [-0.2, -0.15) is 0 Å². The van der Waals surface area contributed by atoms with Crippen molar-refractivity contribution in [2.24, 2.45) is 0 Å². The molecule has 12 heavy (non-hydrogen) atoms. The summed E-state index contributed by atoms with van der Waals surface area (Å²) < 4.78 is 0. The van der Waals surface area contributed by atoms with E-state index in [-0.39, 0.29) is 12.4 Å². The molecule has 2 rings (SSSR count). The van der Waals surface area contributed by atoms with Crippen molar-refractivity contribution in [1.82, 2.24) is 10.3 Å². The van der Waals surface area contributed by atoms with Crippen molar-refractivity contribution in [3.63, 3.8) is 0 Å². The number of nitrogens with one attached hydrogen (secondary N) is 1. The van der Waals surface area contributed by atoms with Gasteiger partial charge in [0.25, 0.3) is 0 Å². The van der Waals surface area contributed by atoms with Crippen LogP contribution in [0, 0.1) is 0 Å². The average Bonchev–Trinajstić information content (AvgIpc) is 2.04. The fraction of sp³-hybridized carbons (Fsp3) is 0.375. The lowest BCUT2D eigenvalue weighted by molar-refractivity contribution is 0.641. The molecule has 1 aliphatic rings. The average molecular weight is 205 g/mol. The van der Waals surface area contributed by atoms with Gasteiger partial charge in [-0.05, 0) is 30.2 Å². The summed E-state index contributed by atoms with van der Waals surface area (Å²) in [6.45, 7) is 1.98. The maximum atomic E-state index is 5.75. The lowest BCUT2D eigenvalue weighted by Crippen LogP contribution is -2.23. The van der Waals surface area contributed by atoms with Crippen molar-refractivity contribution in [3.8, 4) is 0 Å². The SMILES string of the molecule is Cl.Clc1cc2c(cn1)CNCC2. The fourth-order valence-electron chi connectivity index (χ4n) is 1.33. The predicted molar refractivity (Wildman–Crippen MR) is 51.9 cm³/mol. The number of hydrogen-bond donors (Lipinski definition) is 1. The monoisotopic (exact) mass is 204 g/mol. The van der Waals surface area contributed by atoms with Gasteiger partial charge in [-0.1, -0.05) is 11.6 Å². The first-order valence-corrected chi connectivity index (χ1v) is 4.08. The predicted octanol–water partition coefficient (Wildman–Crippen LogP) is 1.80. The third-order valence-corrected chi connectivity index (χ3v) is 2.14. The molecule has 1 aliphatic heterocycles. The van der Waals surface area contributed by atoms with Crippen molar-refractivity contribution in [3.05, 3.63) is 28.5 Å². The number of aromatic nitrogens is 1. The molecular weight excluding hydrogens is 195 g/mol. The summed E-state index contributed by atoms with van der Waals surface area (Å²) in [5, 5.41) is 3.88. The molecule has 0 radical (unpaired) electrons. The summed E-state index contributed by atoms with van der Waals surface area (Å²) in [6, 6.07) is 1.96. The van der Waals surface area contributed by atoms with Crippen molar-refractivity contribution in [2.45, 2.75) is 13.0 Å². The number of pyridine rings is 1. The van der Waals surface area contributed by atoms with Crippen LogP contribution in [0.5, 0.6) is 0 Å². The zero-order valence-corrected chi connectivity index (χ0v) is 8.08. The highest BCUT2D eigenvalue weighted by Crippen LogP contribution is 2.15. The van der Waals surface area contributed by atoms with Crippen LogP contribution in [0.4, 0.5) is 0 Å². The maximum absolute atomic E-state index is 5.75. The van der Waals surface area contributed by atoms with Crippen molar-refractivity contribution in [2.75, 3.05) is 6.54 Å². The molecule has 1 aromatic rings. The van der Waals surface area contributed by atoms with E-state index in [0.717, 1.165) is 19.5 Å². The fourth-order valence-corrected chi connectivity index (χ4v) is 1.51. The molecule has 1 N–H and O–H groups in total. The molecule has 0 saturated carbocycles. The molecule has 66 valence electrons. The van der Waals surface area contributed by atoms with Crippen LogP contribution in [0.15, 0.2) is 12.3 Å². The molecule has 4 heteroatoms. The van der Waals surface area contributed by atoms with E-state index in [1.807, 2.05) is 12.3 Å². The van der Waals surface area contributed by atoms with E-state index >= 15 is 0 Å². The third kappa shape index (κ3) is 1.89. The van der Waals surface area contributed by atoms with Crippen LogP contribution >= 0.6 is 24.0 Å². The minimum Gasteiger partial charge on any atom is -0.312 e. The Labute approximate surface area is 82.7 Å². The number of hydrogen-bond acceptors (Lipinski definition) is 2. The molecule has 0 aromatic carbocycles. The van der Waals surface area contributed by atoms with Crippen LogP contribution in [0.3, 0.4) is 0 Å². The van der Waals surface area contributed by atoms with Gasteiger partial charge in [0.1, 0.15) is 5.15 Å². The standard InChI is InChI=1S/C8H9ClN2.ClH/c9-8-3-6-1-2-10-4-7(6)5-11-8;/h3,5,10H,1-2,4H2;1H. The Kier molecular flexibility index (Phi) is 3.32. The van der Waals surface area contributed by atoms with Gasteiger partial charge in [0, 0.05) is 12.7 Å². The summed E-state index contributed by atoms with van der Waals surface area (Å²) in [4.78, 5) is 4.02. The maximum Gasteiger partial charge on any atom is 0.129 e. The number of fused-ring (bicyclic) bond motifs is 1. The Balaban J connectivity index is 0.000000720. The minimum atomic E-state index is 0. The lowest BCUT2D eigenvalue weighted by atomic mass is 10.0. The smallest absolute Gasteiger partial charge is 0.129 e. The minimum absolute atomic E-state index is 0. The van der Waals surface area contributed by atoms with E-state index in [1.54, 1.807) is 0 Å². The Morgan fingerprint density at radius 3 is 3.08 bits per heavy atom. The molecule has 0 saturated heterocycles. The van der Waals surface area contributed by atoms with E-state index in [9.17, 15) is 0 Å². The molecular formula is C8H10Cl2N2. The van der Waals surface area contributed by atoms with Crippen molar-refractivity contribution >= 4 is 24.0 Å². The van der Waals surface area contributed by atoms with Crippen molar-refractivity contribution in [1.29, 1.82) is 0 Å². The molecule has 1 aromatic heterocycles. The van der Waals surface area contributed by atoms with Crippen LogP contribution in [0.25, 0.3) is 0 Å². The van der Waals surface area contributed by atoms with E-state index in [4.69, 9.17) is 11.6 Å². The molecule has 2 heterocycles. The normalized spacial score (nSPS) is 14.8. The first kappa shape index (κ1) is 9.78.